The van der Waals surface area contributed by atoms with E-state index in [1.165, 1.54) is 12.1 Å². The van der Waals surface area contributed by atoms with Gasteiger partial charge >= 0.3 is 23.2 Å². The minimum absolute atomic E-state index is 0.0419. The van der Waals surface area contributed by atoms with Crippen LogP contribution in [0, 0.1) is 0 Å². The molecule has 7 nitrogen and oxygen atoms in total. The van der Waals surface area contributed by atoms with Gasteiger partial charge in [0.05, 0.1) is 19.4 Å². The standard InChI is InChI=1S/C20H24F3O7PS/c1-3-5-13-31(24,27-4-2)28-15-16-7-6-8-19(14-16)29-17-9-11-18(12-10-17)30-32(25,26)20(21,22)23/h6-12,14H,3-5,13,15H2,1-2H3. The Labute approximate surface area is 185 Å². The Hall–Kier alpha value is -2.07. The van der Waals surface area contributed by atoms with Crippen LogP contribution < -0.4 is 8.92 Å². The summed E-state index contributed by atoms with van der Waals surface area (Å²) in [6.45, 7) is 4.03. The first-order chi connectivity index (χ1) is 15.0. The summed E-state index contributed by atoms with van der Waals surface area (Å²) in [4.78, 5) is 0. The van der Waals surface area contributed by atoms with Crippen molar-refractivity contribution in [3.05, 3.63) is 54.1 Å². The molecule has 0 N–H and O–H groups in total. The minimum Gasteiger partial charge on any atom is -0.457 e. The first-order valence-electron chi connectivity index (χ1n) is 9.74. The topological polar surface area (TPSA) is 88.1 Å². The Balaban J connectivity index is 2.03. The number of unbranched alkanes of at least 4 members (excludes halogenated alkanes) is 1. The second-order valence-corrected chi connectivity index (χ2v) is 10.3. The molecule has 0 spiro atoms. The van der Waals surface area contributed by atoms with Crippen LogP contribution in [0.4, 0.5) is 13.2 Å². The summed E-state index contributed by atoms with van der Waals surface area (Å²) in [6, 6.07) is 11.3. The van der Waals surface area contributed by atoms with Gasteiger partial charge in [-0.2, -0.15) is 21.6 Å². The molecule has 0 heterocycles. The van der Waals surface area contributed by atoms with E-state index in [1.54, 1.807) is 31.2 Å². The molecule has 0 fully saturated rings. The Morgan fingerprint density at radius 1 is 0.938 bits per heavy atom. The van der Waals surface area contributed by atoms with E-state index in [4.69, 9.17) is 13.8 Å². The Bertz CT molecular complexity index is 1020. The summed E-state index contributed by atoms with van der Waals surface area (Å²) >= 11 is 0. The van der Waals surface area contributed by atoms with Crippen LogP contribution in [-0.2, 0) is 30.3 Å². The summed E-state index contributed by atoms with van der Waals surface area (Å²) in [5.74, 6) is 0.126. The SMILES string of the molecule is CCCCP(=O)(OCC)OCc1cccc(Oc2ccc(OS(=O)(=O)C(F)(F)F)cc2)c1. The van der Waals surface area contributed by atoms with Crippen LogP contribution in [0.2, 0.25) is 0 Å². The van der Waals surface area contributed by atoms with Gasteiger partial charge in [0.25, 0.3) is 0 Å². The lowest BCUT2D eigenvalue weighted by Gasteiger charge is -2.18. The zero-order valence-corrected chi connectivity index (χ0v) is 19.2. The first-order valence-corrected chi connectivity index (χ1v) is 12.9. The van der Waals surface area contributed by atoms with Crippen molar-refractivity contribution in [2.75, 3.05) is 12.8 Å². The smallest absolute Gasteiger partial charge is 0.457 e. The molecule has 2 rings (SSSR count). The highest BCUT2D eigenvalue weighted by Crippen LogP contribution is 2.49. The molecule has 0 aliphatic heterocycles. The molecule has 0 aliphatic rings. The van der Waals surface area contributed by atoms with Gasteiger partial charge < -0.3 is 18.0 Å². The minimum atomic E-state index is -5.74. The third kappa shape index (κ3) is 7.81. The lowest BCUT2D eigenvalue weighted by Crippen LogP contribution is -2.27. The van der Waals surface area contributed by atoms with Gasteiger partial charge in [0.15, 0.2) is 0 Å². The molecular weight excluding hydrogens is 472 g/mol. The normalized spacial score (nSPS) is 14.0. The van der Waals surface area contributed by atoms with Gasteiger partial charge in [-0.1, -0.05) is 25.5 Å². The summed E-state index contributed by atoms with van der Waals surface area (Å²) < 4.78 is 92.5. The zero-order chi connectivity index (χ0) is 23.8. The van der Waals surface area contributed by atoms with E-state index >= 15 is 0 Å². The second kappa shape index (κ2) is 11.2. The molecule has 2 aromatic rings. The fourth-order valence-electron chi connectivity index (χ4n) is 2.46. The van der Waals surface area contributed by atoms with Crippen LogP contribution in [0.5, 0.6) is 17.2 Å². The van der Waals surface area contributed by atoms with Gasteiger partial charge in [-0.05, 0) is 55.3 Å². The highest BCUT2D eigenvalue weighted by atomic mass is 32.2. The van der Waals surface area contributed by atoms with Gasteiger partial charge in [-0.3, -0.25) is 4.57 Å². The third-order valence-electron chi connectivity index (χ3n) is 3.99. The van der Waals surface area contributed by atoms with Gasteiger partial charge in [0, 0.05) is 0 Å². The molecule has 12 heteroatoms. The van der Waals surface area contributed by atoms with Crippen molar-refractivity contribution in [3.63, 3.8) is 0 Å². The quantitative estimate of drug-likeness (QED) is 0.195. The molecule has 178 valence electrons. The van der Waals surface area contributed by atoms with E-state index in [2.05, 4.69) is 4.18 Å². The molecule has 0 bridgehead atoms. The summed E-state index contributed by atoms with van der Waals surface area (Å²) in [6.07, 6.45) is 1.89. The Morgan fingerprint density at radius 3 is 2.19 bits per heavy atom. The van der Waals surface area contributed by atoms with Crippen LogP contribution in [0.15, 0.2) is 48.5 Å². The number of hydrogen-bond acceptors (Lipinski definition) is 7. The Kier molecular flexibility index (Phi) is 9.15. The van der Waals surface area contributed by atoms with Crippen LogP contribution in [0.3, 0.4) is 0 Å². The monoisotopic (exact) mass is 496 g/mol. The molecule has 1 atom stereocenters. The number of ether oxygens (including phenoxy) is 1. The van der Waals surface area contributed by atoms with Crippen LogP contribution in [-0.4, -0.2) is 26.7 Å². The first kappa shape index (κ1) is 26.2. The van der Waals surface area contributed by atoms with Gasteiger partial charge in [-0.25, -0.2) is 0 Å². The molecule has 0 aliphatic carbocycles. The van der Waals surface area contributed by atoms with Gasteiger partial charge in [0.1, 0.15) is 17.2 Å². The van der Waals surface area contributed by atoms with Gasteiger partial charge in [-0.15, -0.1) is 0 Å². The highest BCUT2D eigenvalue weighted by molar-refractivity contribution is 7.88. The number of hydrogen-bond donors (Lipinski definition) is 0. The molecule has 0 radical (unpaired) electrons. The van der Waals surface area contributed by atoms with Crippen LogP contribution >= 0.6 is 7.60 Å². The molecule has 0 saturated heterocycles. The lowest BCUT2D eigenvalue weighted by molar-refractivity contribution is -0.0500. The number of rotatable bonds is 12. The van der Waals surface area contributed by atoms with Crippen molar-refractivity contribution in [2.45, 2.75) is 38.8 Å². The molecule has 0 amide bonds. The van der Waals surface area contributed by atoms with E-state index in [-0.39, 0.29) is 19.0 Å². The fourth-order valence-corrected chi connectivity index (χ4v) is 4.69. The molecule has 0 aromatic heterocycles. The average Bonchev–Trinajstić information content (AvgIpc) is 2.72. The molecular formula is C20H24F3O7PS. The molecule has 32 heavy (non-hydrogen) atoms. The number of halogens is 3. The van der Waals surface area contributed by atoms with Crippen molar-refractivity contribution < 1.29 is 44.1 Å². The zero-order valence-electron chi connectivity index (χ0n) is 17.5. The second-order valence-electron chi connectivity index (χ2n) is 6.58. The summed E-state index contributed by atoms with van der Waals surface area (Å²) in [5, 5.41) is 0. The highest BCUT2D eigenvalue weighted by Gasteiger charge is 2.48. The summed E-state index contributed by atoms with van der Waals surface area (Å²) in [7, 11) is -8.95. The molecule has 1 unspecified atom stereocenters. The van der Waals surface area contributed by atoms with Crippen molar-refractivity contribution in [2.24, 2.45) is 0 Å². The third-order valence-corrected chi connectivity index (χ3v) is 7.00. The van der Waals surface area contributed by atoms with Crippen molar-refractivity contribution >= 4 is 17.7 Å². The Morgan fingerprint density at radius 2 is 1.59 bits per heavy atom. The summed E-state index contributed by atoms with van der Waals surface area (Å²) in [5.41, 5.74) is -4.84. The van der Waals surface area contributed by atoms with Gasteiger partial charge in [0.2, 0.25) is 0 Å². The van der Waals surface area contributed by atoms with E-state index in [1.807, 2.05) is 6.92 Å². The van der Waals surface area contributed by atoms with E-state index in [9.17, 15) is 26.2 Å². The van der Waals surface area contributed by atoms with Crippen LogP contribution in [0.1, 0.15) is 32.3 Å². The maximum absolute atomic E-state index is 12.7. The fraction of sp³-hybridized carbons (Fsp3) is 0.400. The van der Waals surface area contributed by atoms with E-state index in [0.29, 0.717) is 23.9 Å². The van der Waals surface area contributed by atoms with Crippen LogP contribution in [0.25, 0.3) is 0 Å². The maximum Gasteiger partial charge on any atom is 0.534 e. The predicted octanol–water partition coefficient (Wildman–Crippen LogP) is 6.25. The van der Waals surface area contributed by atoms with E-state index in [0.717, 1.165) is 18.6 Å². The number of alkyl halides is 3. The lowest BCUT2D eigenvalue weighted by atomic mass is 10.2. The van der Waals surface area contributed by atoms with Crippen molar-refractivity contribution in [1.29, 1.82) is 0 Å². The largest absolute Gasteiger partial charge is 0.534 e. The predicted molar refractivity (Wildman–Crippen MR) is 112 cm³/mol. The van der Waals surface area contributed by atoms with E-state index < -0.39 is 29.0 Å². The molecule has 0 saturated carbocycles. The maximum atomic E-state index is 12.7. The molecule has 2 aromatic carbocycles. The van der Waals surface area contributed by atoms with Crippen molar-refractivity contribution in [1.82, 2.24) is 0 Å². The van der Waals surface area contributed by atoms with Crippen molar-refractivity contribution in [3.8, 4) is 17.2 Å². The number of benzene rings is 2. The average molecular weight is 496 g/mol.